The van der Waals surface area contributed by atoms with Crippen molar-refractivity contribution in [3.63, 3.8) is 0 Å². The number of nitrogens with zero attached hydrogens (tertiary/aromatic N) is 2. The van der Waals surface area contributed by atoms with Gasteiger partial charge < -0.3 is 10.5 Å². The van der Waals surface area contributed by atoms with Crippen molar-refractivity contribution in [2.24, 2.45) is 0 Å². The van der Waals surface area contributed by atoms with E-state index in [4.69, 9.17) is 10.5 Å². The number of halogens is 2. The molecule has 2 N–H and O–H groups in total. The lowest BCUT2D eigenvalue weighted by atomic mass is 10.2. The molecule has 0 atom stereocenters. The first kappa shape index (κ1) is 12.2. The monoisotopic (exact) mass is 251 g/mol. The van der Waals surface area contributed by atoms with Crippen molar-refractivity contribution in [3.8, 4) is 17.1 Å². The Labute approximate surface area is 102 Å². The number of rotatable bonds is 3. The molecular formula is C12H11F2N3O. The molecule has 0 unspecified atom stereocenters. The predicted molar refractivity (Wildman–Crippen MR) is 63.4 cm³/mol. The number of aromatic nitrogens is 2. The SMILES string of the molecule is COc1cccc(-c2ncc(N)c(C(F)F)n2)c1. The van der Waals surface area contributed by atoms with Crippen LogP contribution in [0.5, 0.6) is 5.75 Å². The minimum Gasteiger partial charge on any atom is -0.497 e. The molecule has 2 rings (SSSR count). The molecular weight excluding hydrogens is 240 g/mol. The molecule has 1 aromatic carbocycles. The van der Waals surface area contributed by atoms with Gasteiger partial charge in [0.05, 0.1) is 19.0 Å². The zero-order chi connectivity index (χ0) is 13.1. The van der Waals surface area contributed by atoms with Crippen LogP contribution >= 0.6 is 0 Å². The zero-order valence-corrected chi connectivity index (χ0v) is 9.60. The van der Waals surface area contributed by atoms with Crippen LogP contribution in [0.3, 0.4) is 0 Å². The van der Waals surface area contributed by atoms with Crippen LogP contribution in [0.1, 0.15) is 12.1 Å². The van der Waals surface area contributed by atoms with E-state index in [1.54, 1.807) is 24.3 Å². The highest BCUT2D eigenvalue weighted by Crippen LogP contribution is 2.26. The molecule has 0 spiro atoms. The molecule has 0 aliphatic heterocycles. The summed E-state index contributed by atoms with van der Waals surface area (Å²) in [5.74, 6) is 0.796. The van der Waals surface area contributed by atoms with Crippen molar-refractivity contribution < 1.29 is 13.5 Å². The lowest BCUT2D eigenvalue weighted by Crippen LogP contribution is -2.02. The second kappa shape index (κ2) is 4.95. The average Bonchev–Trinajstić information content (AvgIpc) is 2.39. The average molecular weight is 251 g/mol. The van der Waals surface area contributed by atoms with E-state index < -0.39 is 12.1 Å². The van der Waals surface area contributed by atoms with E-state index in [9.17, 15) is 8.78 Å². The maximum atomic E-state index is 12.7. The summed E-state index contributed by atoms with van der Waals surface area (Å²) in [7, 11) is 1.52. The highest BCUT2D eigenvalue weighted by molar-refractivity contribution is 5.59. The van der Waals surface area contributed by atoms with Gasteiger partial charge in [0.25, 0.3) is 6.43 Å². The van der Waals surface area contributed by atoms with Crippen LogP contribution in [0.25, 0.3) is 11.4 Å². The van der Waals surface area contributed by atoms with Gasteiger partial charge in [-0.05, 0) is 12.1 Å². The standard InChI is InChI=1S/C12H11F2N3O/c1-18-8-4-2-3-7(5-8)12-16-6-9(15)10(17-12)11(13)14/h2-6,11H,15H2,1H3. The molecule has 0 saturated heterocycles. The Morgan fingerprint density at radius 2 is 2.11 bits per heavy atom. The largest absolute Gasteiger partial charge is 0.497 e. The number of alkyl halides is 2. The first-order valence-corrected chi connectivity index (χ1v) is 5.17. The first-order valence-electron chi connectivity index (χ1n) is 5.17. The highest BCUT2D eigenvalue weighted by Gasteiger charge is 2.15. The smallest absolute Gasteiger partial charge is 0.282 e. The molecule has 6 heteroatoms. The van der Waals surface area contributed by atoms with Crippen molar-refractivity contribution in [1.82, 2.24) is 9.97 Å². The summed E-state index contributed by atoms with van der Waals surface area (Å²) in [6.07, 6.45) is -1.54. The maximum absolute atomic E-state index is 12.7. The fourth-order valence-electron chi connectivity index (χ4n) is 1.48. The highest BCUT2D eigenvalue weighted by atomic mass is 19.3. The summed E-state index contributed by atoms with van der Waals surface area (Å²) >= 11 is 0. The molecule has 0 fully saturated rings. The number of ether oxygens (including phenoxy) is 1. The van der Waals surface area contributed by atoms with Gasteiger partial charge in [-0.3, -0.25) is 0 Å². The number of hydrogen-bond acceptors (Lipinski definition) is 4. The van der Waals surface area contributed by atoms with Crippen LogP contribution in [-0.2, 0) is 0 Å². The Morgan fingerprint density at radius 3 is 2.78 bits per heavy atom. The number of nitrogens with two attached hydrogens (primary N) is 1. The first-order chi connectivity index (χ1) is 8.61. The van der Waals surface area contributed by atoms with Crippen LogP contribution in [0.4, 0.5) is 14.5 Å². The zero-order valence-electron chi connectivity index (χ0n) is 9.60. The Kier molecular flexibility index (Phi) is 3.36. The number of benzene rings is 1. The Balaban J connectivity index is 2.47. The molecule has 0 amide bonds. The molecule has 0 bridgehead atoms. The fraction of sp³-hybridized carbons (Fsp3) is 0.167. The lowest BCUT2D eigenvalue weighted by Gasteiger charge is -2.07. The van der Waals surface area contributed by atoms with Crippen molar-refractivity contribution in [1.29, 1.82) is 0 Å². The Morgan fingerprint density at radius 1 is 1.33 bits per heavy atom. The van der Waals surface area contributed by atoms with Gasteiger partial charge in [0.1, 0.15) is 11.4 Å². The van der Waals surface area contributed by atoms with Gasteiger partial charge in [-0.25, -0.2) is 18.7 Å². The maximum Gasteiger partial charge on any atom is 0.282 e. The summed E-state index contributed by atoms with van der Waals surface area (Å²) < 4.78 is 30.4. The van der Waals surface area contributed by atoms with Gasteiger partial charge in [0.15, 0.2) is 5.82 Å². The van der Waals surface area contributed by atoms with Gasteiger partial charge in [-0.1, -0.05) is 12.1 Å². The van der Waals surface area contributed by atoms with Gasteiger partial charge in [0, 0.05) is 5.56 Å². The van der Waals surface area contributed by atoms with Gasteiger partial charge in [-0.2, -0.15) is 0 Å². The molecule has 2 aromatic rings. The molecule has 4 nitrogen and oxygen atoms in total. The topological polar surface area (TPSA) is 61.0 Å². The Hall–Kier alpha value is -2.24. The predicted octanol–water partition coefficient (Wildman–Crippen LogP) is 2.67. The van der Waals surface area contributed by atoms with Crippen molar-refractivity contribution in [2.75, 3.05) is 12.8 Å². The number of nitrogen functional groups attached to an aromatic ring is 1. The molecule has 94 valence electrons. The third-order valence-corrected chi connectivity index (χ3v) is 2.38. The fourth-order valence-corrected chi connectivity index (χ4v) is 1.48. The number of methoxy groups -OCH3 is 1. The van der Waals surface area contributed by atoms with E-state index in [0.717, 1.165) is 0 Å². The van der Waals surface area contributed by atoms with Crippen molar-refractivity contribution in [3.05, 3.63) is 36.2 Å². The van der Waals surface area contributed by atoms with E-state index in [1.807, 2.05) is 0 Å². The normalized spacial score (nSPS) is 10.7. The second-order valence-electron chi connectivity index (χ2n) is 3.57. The van der Waals surface area contributed by atoms with E-state index in [-0.39, 0.29) is 11.5 Å². The molecule has 1 aromatic heterocycles. The van der Waals surface area contributed by atoms with E-state index >= 15 is 0 Å². The molecule has 0 aliphatic carbocycles. The number of hydrogen-bond donors (Lipinski definition) is 1. The van der Waals surface area contributed by atoms with Crippen LogP contribution in [0, 0.1) is 0 Å². The minimum absolute atomic E-state index is 0.114. The van der Waals surface area contributed by atoms with E-state index in [2.05, 4.69) is 9.97 Å². The van der Waals surface area contributed by atoms with Gasteiger partial charge >= 0.3 is 0 Å². The third kappa shape index (κ3) is 2.37. The van der Waals surface area contributed by atoms with Gasteiger partial charge in [-0.15, -0.1) is 0 Å². The minimum atomic E-state index is -2.72. The molecule has 0 saturated carbocycles. The van der Waals surface area contributed by atoms with Crippen molar-refractivity contribution >= 4 is 5.69 Å². The lowest BCUT2D eigenvalue weighted by molar-refractivity contribution is 0.147. The molecule has 18 heavy (non-hydrogen) atoms. The Bertz CT molecular complexity index is 561. The quantitative estimate of drug-likeness (QED) is 0.911. The third-order valence-electron chi connectivity index (χ3n) is 2.38. The van der Waals surface area contributed by atoms with Crippen LogP contribution < -0.4 is 10.5 Å². The van der Waals surface area contributed by atoms with E-state index in [0.29, 0.717) is 11.3 Å². The summed E-state index contributed by atoms with van der Waals surface area (Å²) in [5, 5.41) is 0. The molecule has 0 aliphatic rings. The summed E-state index contributed by atoms with van der Waals surface area (Å²) in [6.45, 7) is 0. The molecule has 1 heterocycles. The number of anilines is 1. The van der Waals surface area contributed by atoms with Crippen LogP contribution in [0.2, 0.25) is 0 Å². The van der Waals surface area contributed by atoms with Crippen LogP contribution in [-0.4, -0.2) is 17.1 Å². The second-order valence-corrected chi connectivity index (χ2v) is 3.57. The summed E-state index contributed by atoms with van der Waals surface area (Å²) in [6, 6.07) is 6.86. The van der Waals surface area contributed by atoms with E-state index in [1.165, 1.54) is 13.3 Å². The molecule has 0 radical (unpaired) electrons. The van der Waals surface area contributed by atoms with Gasteiger partial charge in [0.2, 0.25) is 0 Å². The summed E-state index contributed by atoms with van der Waals surface area (Å²) in [4.78, 5) is 7.72. The van der Waals surface area contributed by atoms with Crippen LogP contribution in [0.15, 0.2) is 30.5 Å². The van der Waals surface area contributed by atoms with Crippen molar-refractivity contribution in [2.45, 2.75) is 6.43 Å². The summed E-state index contributed by atoms with van der Waals surface area (Å²) in [5.41, 5.74) is 5.42.